The molecular formula is C19H21FN4O. The van der Waals surface area contributed by atoms with Crippen LogP contribution in [0, 0.1) is 5.82 Å². The van der Waals surface area contributed by atoms with E-state index in [1.165, 1.54) is 17.7 Å². The zero-order chi connectivity index (χ0) is 17.2. The van der Waals surface area contributed by atoms with Crippen LogP contribution in [0.2, 0.25) is 0 Å². The van der Waals surface area contributed by atoms with Gasteiger partial charge in [0, 0.05) is 30.4 Å². The largest absolute Gasteiger partial charge is 0.365 e. The van der Waals surface area contributed by atoms with E-state index in [9.17, 15) is 9.18 Å². The van der Waals surface area contributed by atoms with Gasteiger partial charge in [-0.05, 0) is 43.4 Å². The van der Waals surface area contributed by atoms with Gasteiger partial charge >= 0.3 is 0 Å². The second kappa shape index (κ2) is 6.78. The molecule has 2 heterocycles. The van der Waals surface area contributed by atoms with Crippen molar-refractivity contribution in [2.24, 2.45) is 0 Å². The Labute approximate surface area is 146 Å². The van der Waals surface area contributed by atoms with Crippen LogP contribution < -0.4 is 5.32 Å². The van der Waals surface area contributed by atoms with Crippen molar-refractivity contribution in [1.82, 2.24) is 14.9 Å². The Kier molecular flexibility index (Phi) is 4.34. The summed E-state index contributed by atoms with van der Waals surface area (Å²) < 4.78 is 13.0. The van der Waals surface area contributed by atoms with Crippen LogP contribution >= 0.6 is 0 Å². The molecule has 1 aliphatic carbocycles. The number of hydrogen-bond acceptors (Lipinski definition) is 4. The Morgan fingerprint density at radius 1 is 1.24 bits per heavy atom. The van der Waals surface area contributed by atoms with Crippen molar-refractivity contribution in [3.05, 3.63) is 53.2 Å². The maximum atomic E-state index is 13.0. The number of benzene rings is 1. The van der Waals surface area contributed by atoms with Crippen LogP contribution in [0.15, 0.2) is 30.6 Å². The fraction of sp³-hybridized carbons (Fsp3) is 0.421. The molecule has 1 aromatic heterocycles. The lowest BCUT2D eigenvalue weighted by atomic mass is 10.1. The number of nitrogens with one attached hydrogen (secondary N) is 1. The molecule has 2 aromatic rings. The summed E-state index contributed by atoms with van der Waals surface area (Å²) in [5.74, 6) is 0.739. The van der Waals surface area contributed by atoms with Crippen molar-refractivity contribution in [1.29, 1.82) is 0 Å². The van der Waals surface area contributed by atoms with Crippen LogP contribution in [0.3, 0.4) is 0 Å². The van der Waals surface area contributed by atoms with Crippen LogP contribution in [0.4, 0.5) is 10.2 Å². The summed E-state index contributed by atoms with van der Waals surface area (Å²) in [5.41, 5.74) is 3.23. The summed E-state index contributed by atoms with van der Waals surface area (Å²) in [7, 11) is 0. The van der Waals surface area contributed by atoms with E-state index in [1.54, 1.807) is 18.5 Å². The number of anilines is 1. The first-order chi connectivity index (χ1) is 12.2. The Hall–Kier alpha value is -2.50. The molecule has 0 saturated carbocycles. The second-order valence-electron chi connectivity index (χ2n) is 6.77. The number of aryl methyl sites for hydroxylation is 1. The fourth-order valence-electron chi connectivity index (χ4n) is 3.67. The molecular weight excluding hydrogens is 319 g/mol. The maximum Gasteiger partial charge on any atom is 0.227 e. The van der Waals surface area contributed by atoms with Crippen LogP contribution in [0.25, 0.3) is 0 Å². The van der Waals surface area contributed by atoms with Gasteiger partial charge in [0.2, 0.25) is 5.91 Å². The average Bonchev–Trinajstić information content (AvgIpc) is 3.26. The van der Waals surface area contributed by atoms with Crippen LogP contribution in [-0.4, -0.2) is 39.9 Å². The lowest BCUT2D eigenvalue weighted by Crippen LogP contribution is -2.33. The minimum absolute atomic E-state index is 0.0869. The Morgan fingerprint density at radius 2 is 2.08 bits per heavy atom. The molecule has 4 rings (SSSR count). The molecule has 5 nitrogen and oxygen atoms in total. The van der Waals surface area contributed by atoms with E-state index in [2.05, 4.69) is 15.3 Å². The molecule has 1 fully saturated rings. The lowest BCUT2D eigenvalue weighted by Gasteiger charge is -2.18. The van der Waals surface area contributed by atoms with Crippen LogP contribution in [0.1, 0.15) is 29.7 Å². The van der Waals surface area contributed by atoms with Gasteiger partial charge in [-0.25, -0.2) is 14.4 Å². The van der Waals surface area contributed by atoms with Gasteiger partial charge in [-0.1, -0.05) is 12.1 Å². The topological polar surface area (TPSA) is 58.1 Å². The van der Waals surface area contributed by atoms with E-state index in [0.29, 0.717) is 13.0 Å². The monoisotopic (exact) mass is 340 g/mol. The number of halogens is 1. The molecule has 1 aliphatic heterocycles. The summed E-state index contributed by atoms with van der Waals surface area (Å²) in [6.07, 6.45) is 6.04. The number of likely N-dealkylation sites (tertiary alicyclic amines) is 1. The highest BCUT2D eigenvalue weighted by Crippen LogP contribution is 2.26. The molecule has 130 valence electrons. The number of hydrogen-bond donors (Lipinski definition) is 1. The predicted molar refractivity (Wildman–Crippen MR) is 92.8 cm³/mol. The number of rotatable bonds is 4. The molecule has 1 aromatic carbocycles. The Bertz CT molecular complexity index is 777. The summed E-state index contributed by atoms with van der Waals surface area (Å²) in [5, 5.41) is 3.50. The molecule has 0 unspecified atom stereocenters. The van der Waals surface area contributed by atoms with Crippen molar-refractivity contribution in [2.75, 3.05) is 18.4 Å². The van der Waals surface area contributed by atoms with E-state index in [1.807, 2.05) is 4.90 Å². The van der Waals surface area contributed by atoms with Gasteiger partial charge in [0.25, 0.3) is 0 Å². The van der Waals surface area contributed by atoms with Gasteiger partial charge in [-0.2, -0.15) is 0 Å². The summed E-state index contributed by atoms with van der Waals surface area (Å²) in [6, 6.07) is 6.35. The molecule has 0 bridgehead atoms. The van der Waals surface area contributed by atoms with Gasteiger partial charge in [0.05, 0.1) is 6.42 Å². The number of fused-ring (bicyclic) bond motifs is 1. The fourth-order valence-corrected chi connectivity index (χ4v) is 3.67. The van der Waals surface area contributed by atoms with E-state index in [-0.39, 0.29) is 17.8 Å². The van der Waals surface area contributed by atoms with Crippen molar-refractivity contribution in [2.45, 2.75) is 38.1 Å². The highest BCUT2D eigenvalue weighted by Gasteiger charge is 2.27. The van der Waals surface area contributed by atoms with Crippen LogP contribution in [-0.2, 0) is 24.1 Å². The zero-order valence-corrected chi connectivity index (χ0v) is 14.0. The van der Waals surface area contributed by atoms with E-state index in [0.717, 1.165) is 49.3 Å². The number of amides is 1. The van der Waals surface area contributed by atoms with Crippen molar-refractivity contribution >= 4 is 11.7 Å². The molecule has 1 N–H and O–H groups in total. The van der Waals surface area contributed by atoms with E-state index < -0.39 is 0 Å². The molecule has 6 heteroatoms. The SMILES string of the molecule is O=C(Cc1ccc(F)cc1)N1CC[C@@H](Nc2ncnc3c2CCC3)C1. The van der Waals surface area contributed by atoms with Gasteiger partial charge in [-0.15, -0.1) is 0 Å². The first-order valence-corrected chi connectivity index (χ1v) is 8.80. The summed E-state index contributed by atoms with van der Waals surface area (Å²) >= 11 is 0. The number of carbonyl (C=O) groups is 1. The third-order valence-electron chi connectivity index (χ3n) is 5.03. The third-order valence-corrected chi connectivity index (χ3v) is 5.03. The Balaban J connectivity index is 1.36. The Morgan fingerprint density at radius 3 is 2.92 bits per heavy atom. The number of nitrogens with zero attached hydrogens (tertiary/aromatic N) is 3. The van der Waals surface area contributed by atoms with Crippen molar-refractivity contribution in [3.63, 3.8) is 0 Å². The molecule has 2 aliphatic rings. The van der Waals surface area contributed by atoms with Gasteiger partial charge in [0.1, 0.15) is 18.0 Å². The summed E-state index contributed by atoms with van der Waals surface area (Å²) in [4.78, 5) is 23.1. The van der Waals surface area contributed by atoms with Gasteiger partial charge in [-0.3, -0.25) is 4.79 Å². The van der Waals surface area contributed by atoms with Crippen molar-refractivity contribution < 1.29 is 9.18 Å². The minimum Gasteiger partial charge on any atom is -0.365 e. The quantitative estimate of drug-likeness (QED) is 0.928. The average molecular weight is 340 g/mol. The standard InChI is InChI=1S/C19H21FN4O/c20-14-6-4-13(5-7-14)10-18(25)24-9-8-15(11-24)23-19-16-2-1-3-17(16)21-12-22-19/h4-7,12,15H,1-3,8-11H2,(H,21,22,23)/t15-/m1/s1. The van der Waals surface area contributed by atoms with E-state index in [4.69, 9.17) is 0 Å². The predicted octanol–water partition coefficient (Wildman–Crippen LogP) is 2.36. The maximum absolute atomic E-state index is 13.0. The van der Waals surface area contributed by atoms with Crippen LogP contribution in [0.5, 0.6) is 0 Å². The first kappa shape index (κ1) is 16.0. The molecule has 0 radical (unpaired) electrons. The third kappa shape index (κ3) is 3.48. The summed E-state index contributed by atoms with van der Waals surface area (Å²) in [6.45, 7) is 1.42. The molecule has 1 amide bonds. The normalized spacial score (nSPS) is 19.1. The van der Waals surface area contributed by atoms with Gasteiger partial charge < -0.3 is 10.2 Å². The highest BCUT2D eigenvalue weighted by molar-refractivity contribution is 5.79. The molecule has 0 spiro atoms. The zero-order valence-electron chi connectivity index (χ0n) is 14.0. The van der Waals surface area contributed by atoms with E-state index >= 15 is 0 Å². The molecule has 1 saturated heterocycles. The number of aromatic nitrogens is 2. The second-order valence-corrected chi connectivity index (χ2v) is 6.77. The first-order valence-electron chi connectivity index (χ1n) is 8.80. The molecule has 1 atom stereocenters. The smallest absolute Gasteiger partial charge is 0.227 e. The number of carbonyl (C=O) groups excluding carboxylic acids is 1. The minimum atomic E-state index is -0.279. The van der Waals surface area contributed by atoms with Gasteiger partial charge in [0.15, 0.2) is 0 Å². The lowest BCUT2D eigenvalue weighted by molar-refractivity contribution is -0.129. The highest BCUT2D eigenvalue weighted by atomic mass is 19.1. The molecule has 25 heavy (non-hydrogen) atoms. The van der Waals surface area contributed by atoms with Crippen molar-refractivity contribution in [3.8, 4) is 0 Å².